The van der Waals surface area contributed by atoms with E-state index in [1.807, 2.05) is 6.92 Å². The molecule has 4 N–H and O–H groups in total. The summed E-state index contributed by atoms with van der Waals surface area (Å²) in [6.45, 7) is 6.92. The van der Waals surface area contributed by atoms with Gasteiger partial charge >= 0.3 is 11.8 Å². The minimum atomic E-state index is -0.605. The molecule has 0 saturated carbocycles. The Morgan fingerprint density at radius 3 is 2.29 bits per heavy atom. The van der Waals surface area contributed by atoms with Gasteiger partial charge in [-0.25, -0.2) is 0 Å². The molecule has 0 saturated heterocycles. The predicted molar refractivity (Wildman–Crippen MR) is 68.4 cm³/mol. The summed E-state index contributed by atoms with van der Waals surface area (Å²) in [6.07, 6.45) is 3.09. The number of nitrogens with one attached hydrogen (secondary N) is 2. The standard InChI is InChI=1S/C12H25N3O2/c1-9(2)5-4-6-10(3)15-12(17)11(16)14-8-7-13/h9-10H,4-8,13H2,1-3H3,(H,14,16)(H,15,17). The van der Waals surface area contributed by atoms with E-state index in [9.17, 15) is 9.59 Å². The fourth-order valence-corrected chi connectivity index (χ4v) is 1.46. The van der Waals surface area contributed by atoms with Gasteiger partial charge in [0.15, 0.2) is 0 Å². The summed E-state index contributed by atoms with van der Waals surface area (Å²) in [5.41, 5.74) is 5.23. The topological polar surface area (TPSA) is 84.2 Å². The lowest BCUT2D eigenvalue weighted by molar-refractivity contribution is -0.139. The van der Waals surface area contributed by atoms with Crippen LogP contribution in [0.2, 0.25) is 0 Å². The third-order valence-electron chi connectivity index (χ3n) is 2.43. The molecular formula is C12H25N3O2. The summed E-state index contributed by atoms with van der Waals surface area (Å²) >= 11 is 0. The minimum Gasteiger partial charge on any atom is -0.347 e. The van der Waals surface area contributed by atoms with E-state index < -0.39 is 11.8 Å². The number of carbonyl (C=O) groups excluding carboxylic acids is 2. The molecule has 5 heteroatoms. The van der Waals surface area contributed by atoms with Gasteiger partial charge in [0.2, 0.25) is 0 Å². The van der Waals surface area contributed by atoms with Gasteiger partial charge in [0.05, 0.1) is 0 Å². The van der Waals surface area contributed by atoms with Gasteiger partial charge in [-0.05, 0) is 19.3 Å². The maximum Gasteiger partial charge on any atom is 0.309 e. The van der Waals surface area contributed by atoms with Gasteiger partial charge in [0.25, 0.3) is 0 Å². The van der Waals surface area contributed by atoms with Crippen molar-refractivity contribution in [3.63, 3.8) is 0 Å². The van der Waals surface area contributed by atoms with Crippen LogP contribution >= 0.6 is 0 Å². The zero-order chi connectivity index (χ0) is 13.3. The van der Waals surface area contributed by atoms with Gasteiger partial charge in [-0.3, -0.25) is 9.59 Å². The first-order valence-corrected chi connectivity index (χ1v) is 6.26. The van der Waals surface area contributed by atoms with E-state index in [1.165, 1.54) is 0 Å². The maximum atomic E-state index is 11.4. The first-order valence-electron chi connectivity index (χ1n) is 6.26. The van der Waals surface area contributed by atoms with Crippen molar-refractivity contribution in [3.8, 4) is 0 Å². The van der Waals surface area contributed by atoms with Gasteiger partial charge in [-0.1, -0.05) is 26.7 Å². The molecule has 0 spiro atoms. The van der Waals surface area contributed by atoms with Crippen LogP contribution in [0.1, 0.15) is 40.0 Å². The number of amides is 2. The van der Waals surface area contributed by atoms with Crippen molar-refractivity contribution in [2.24, 2.45) is 11.7 Å². The average molecular weight is 243 g/mol. The van der Waals surface area contributed by atoms with Gasteiger partial charge in [-0.2, -0.15) is 0 Å². The normalized spacial score (nSPS) is 12.3. The van der Waals surface area contributed by atoms with Crippen molar-refractivity contribution < 1.29 is 9.59 Å². The first-order chi connectivity index (χ1) is 7.97. The highest BCUT2D eigenvalue weighted by molar-refractivity contribution is 6.35. The van der Waals surface area contributed by atoms with Crippen LogP contribution < -0.4 is 16.4 Å². The van der Waals surface area contributed by atoms with E-state index >= 15 is 0 Å². The summed E-state index contributed by atoms with van der Waals surface area (Å²) in [5.74, 6) is -0.507. The van der Waals surface area contributed by atoms with Gasteiger partial charge < -0.3 is 16.4 Å². The Kier molecular flexibility index (Phi) is 8.40. The summed E-state index contributed by atoms with van der Waals surface area (Å²) in [7, 11) is 0. The van der Waals surface area contributed by atoms with Crippen LogP contribution in [0.15, 0.2) is 0 Å². The molecular weight excluding hydrogens is 218 g/mol. The van der Waals surface area contributed by atoms with Gasteiger partial charge in [-0.15, -0.1) is 0 Å². The van der Waals surface area contributed by atoms with Crippen molar-refractivity contribution in [1.82, 2.24) is 10.6 Å². The fourth-order valence-electron chi connectivity index (χ4n) is 1.46. The number of rotatable bonds is 7. The Morgan fingerprint density at radius 1 is 1.12 bits per heavy atom. The number of hydrogen-bond donors (Lipinski definition) is 3. The van der Waals surface area contributed by atoms with Gasteiger partial charge in [0, 0.05) is 19.1 Å². The van der Waals surface area contributed by atoms with E-state index in [-0.39, 0.29) is 6.04 Å². The third-order valence-corrected chi connectivity index (χ3v) is 2.43. The molecule has 0 rings (SSSR count). The van der Waals surface area contributed by atoms with E-state index in [0.717, 1.165) is 19.3 Å². The van der Waals surface area contributed by atoms with Crippen LogP contribution in [0.3, 0.4) is 0 Å². The van der Waals surface area contributed by atoms with Crippen molar-refractivity contribution >= 4 is 11.8 Å². The molecule has 5 nitrogen and oxygen atoms in total. The molecule has 0 aromatic heterocycles. The van der Waals surface area contributed by atoms with Crippen molar-refractivity contribution in [3.05, 3.63) is 0 Å². The minimum absolute atomic E-state index is 0.0323. The monoisotopic (exact) mass is 243 g/mol. The molecule has 0 aliphatic rings. The van der Waals surface area contributed by atoms with E-state index in [1.54, 1.807) is 0 Å². The summed E-state index contributed by atoms with van der Waals surface area (Å²) in [6, 6.07) is 0.0323. The molecule has 0 aliphatic heterocycles. The second-order valence-electron chi connectivity index (χ2n) is 4.74. The lowest BCUT2D eigenvalue weighted by Gasteiger charge is -2.14. The van der Waals surface area contributed by atoms with Crippen LogP contribution in [0.25, 0.3) is 0 Å². The van der Waals surface area contributed by atoms with Crippen molar-refractivity contribution in [2.45, 2.75) is 46.1 Å². The highest BCUT2D eigenvalue weighted by Gasteiger charge is 2.14. The molecule has 0 fully saturated rings. The highest BCUT2D eigenvalue weighted by atomic mass is 16.2. The van der Waals surface area contributed by atoms with Crippen LogP contribution in [0.4, 0.5) is 0 Å². The molecule has 2 amide bonds. The molecule has 1 atom stereocenters. The Hall–Kier alpha value is -1.10. The smallest absolute Gasteiger partial charge is 0.309 e. The zero-order valence-corrected chi connectivity index (χ0v) is 11.1. The Labute approximate surface area is 104 Å². The first kappa shape index (κ1) is 15.9. The average Bonchev–Trinajstić information content (AvgIpc) is 2.25. The number of hydrogen-bond acceptors (Lipinski definition) is 3. The second kappa shape index (κ2) is 8.98. The highest BCUT2D eigenvalue weighted by Crippen LogP contribution is 2.07. The Morgan fingerprint density at radius 2 is 1.76 bits per heavy atom. The number of carbonyl (C=O) groups is 2. The summed E-state index contributed by atoms with van der Waals surface area (Å²) in [5, 5.41) is 5.11. The maximum absolute atomic E-state index is 11.4. The molecule has 0 heterocycles. The molecule has 100 valence electrons. The Bertz CT molecular complexity index is 242. The quantitative estimate of drug-likeness (QED) is 0.566. The number of nitrogens with two attached hydrogens (primary N) is 1. The van der Waals surface area contributed by atoms with Crippen LogP contribution in [0.5, 0.6) is 0 Å². The SMILES string of the molecule is CC(C)CCCC(C)NC(=O)C(=O)NCCN. The van der Waals surface area contributed by atoms with Crippen LogP contribution in [-0.2, 0) is 9.59 Å². The molecule has 17 heavy (non-hydrogen) atoms. The zero-order valence-electron chi connectivity index (χ0n) is 11.1. The predicted octanol–water partition coefficient (Wildman–Crippen LogP) is 0.392. The molecule has 0 aromatic rings. The largest absolute Gasteiger partial charge is 0.347 e. The molecule has 0 aromatic carbocycles. The summed E-state index contributed by atoms with van der Waals surface area (Å²) in [4.78, 5) is 22.6. The van der Waals surface area contributed by atoms with E-state index in [0.29, 0.717) is 19.0 Å². The molecule has 1 unspecified atom stereocenters. The van der Waals surface area contributed by atoms with E-state index in [2.05, 4.69) is 24.5 Å². The van der Waals surface area contributed by atoms with Crippen molar-refractivity contribution in [2.75, 3.05) is 13.1 Å². The van der Waals surface area contributed by atoms with Gasteiger partial charge in [0.1, 0.15) is 0 Å². The molecule has 0 aliphatic carbocycles. The summed E-state index contributed by atoms with van der Waals surface area (Å²) < 4.78 is 0. The molecule has 0 bridgehead atoms. The second-order valence-corrected chi connectivity index (χ2v) is 4.74. The molecule has 0 radical (unpaired) electrons. The third kappa shape index (κ3) is 8.68. The lowest BCUT2D eigenvalue weighted by atomic mass is 10.0. The van der Waals surface area contributed by atoms with Crippen molar-refractivity contribution in [1.29, 1.82) is 0 Å². The Balaban J connectivity index is 3.75. The lowest BCUT2D eigenvalue weighted by Crippen LogP contribution is -2.44. The fraction of sp³-hybridized carbons (Fsp3) is 0.833. The van der Waals surface area contributed by atoms with Crippen LogP contribution in [-0.4, -0.2) is 30.9 Å². The van der Waals surface area contributed by atoms with E-state index in [4.69, 9.17) is 5.73 Å². The van der Waals surface area contributed by atoms with Crippen LogP contribution in [0, 0.1) is 5.92 Å².